The molecule has 2 heterocycles. The number of anilines is 1. The van der Waals surface area contributed by atoms with Gasteiger partial charge in [0.15, 0.2) is 0 Å². The Morgan fingerprint density at radius 2 is 1.91 bits per heavy atom. The van der Waals surface area contributed by atoms with Crippen LogP contribution in [0.3, 0.4) is 0 Å². The SMILES string of the molecule is CCN(C(=O)Cn1c(C)cc2sccc21)c1ccc(C)cc1. The molecule has 2 aromatic heterocycles. The van der Waals surface area contributed by atoms with Crippen LogP contribution in [-0.2, 0) is 11.3 Å². The van der Waals surface area contributed by atoms with E-state index in [9.17, 15) is 4.79 Å². The summed E-state index contributed by atoms with van der Waals surface area (Å²) in [5.74, 6) is 0.123. The lowest BCUT2D eigenvalue weighted by atomic mass is 10.2. The molecule has 3 aromatic rings. The number of carbonyl (C=O) groups is 1. The van der Waals surface area contributed by atoms with E-state index in [0.29, 0.717) is 13.1 Å². The first-order chi connectivity index (χ1) is 10.6. The van der Waals surface area contributed by atoms with Gasteiger partial charge in [0, 0.05) is 17.9 Å². The van der Waals surface area contributed by atoms with Crippen LogP contribution in [0.1, 0.15) is 18.2 Å². The average molecular weight is 312 g/mol. The maximum Gasteiger partial charge on any atom is 0.246 e. The average Bonchev–Trinajstić information content (AvgIpc) is 3.05. The first kappa shape index (κ1) is 14.9. The highest BCUT2D eigenvalue weighted by atomic mass is 32.1. The summed E-state index contributed by atoms with van der Waals surface area (Å²) in [6.45, 7) is 7.18. The fourth-order valence-electron chi connectivity index (χ4n) is 2.76. The molecule has 0 radical (unpaired) electrons. The van der Waals surface area contributed by atoms with Crippen LogP contribution in [0, 0.1) is 13.8 Å². The molecule has 0 fully saturated rings. The molecule has 1 amide bonds. The fourth-order valence-corrected chi connectivity index (χ4v) is 3.64. The minimum Gasteiger partial charge on any atom is -0.335 e. The second-order valence-corrected chi connectivity index (χ2v) is 6.46. The molecule has 114 valence electrons. The Morgan fingerprint density at radius 1 is 1.18 bits per heavy atom. The molecule has 22 heavy (non-hydrogen) atoms. The van der Waals surface area contributed by atoms with Crippen molar-refractivity contribution < 1.29 is 4.79 Å². The van der Waals surface area contributed by atoms with Gasteiger partial charge in [-0.05, 0) is 50.4 Å². The first-order valence-corrected chi connectivity index (χ1v) is 8.38. The molecule has 0 aliphatic rings. The monoisotopic (exact) mass is 312 g/mol. The zero-order valence-electron chi connectivity index (χ0n) is 13.2. The molecule has 0 unspecified atom stereocenters. The molecular formula is C18H20N2OS. The van der Waals surface area contributed by atoms with Gasteiger partial charge in [-0.1, -0.05) is 17.7 Å². The Kier molecular flexibility index (Phi) is 4.03. The lowest BCUT2D eigenvalue weighted by Crippen LogP contribution is -2.33. The van der Waals surface area contributed by atoms with Crippen molar-refractivity contribution >= 4 is 33.1 Å². The van der Waals surface area contributed by atoms with Crippen molar-refractivity contribution in [3.8, 4) is 0 Å². The summed E-state index contributed by atoms with van der Waals surface area (Å²) in [5.41, 5.74) is 4.45. The van der Waals surface area contributed by atoms with E-state index in [2.05, 4.69) is 35.9 Å². The predicted octanol–water partition coefficient (Wildman–Crippen LogP) is 4.37. The molecule has 3 rings (SSSR count). The van der Waals surface area contributed by atoms with Crippen LogP contribution in [-0.4, -0.2) is 17.0 Å². The molecule has 0 saturated carbocycles. The number of aromatic nitrogens is 1. The highest BCUT2D eigenvalue weighted by molar-refractivity contribution is 7.17. The largest absolute Gasteiger partial charge is 0.335 e. The van der Waals surface area contributed by atoms with Gasteiger partial charge in [-0.25, -0.2) is 0 Å². The molecule has 4 heteroatoms. The van der Waals surface area contributed by atoms with E-state index < -0.39 is 0 Å². The molecule has 0 N–H and O–H groups in total. The second kappa shape index (κ2) is 5.97. The van der Waals surface area contributed by atoms with E-state index in [1.54, 1.807) is 11.3 Å². The van der Waals surface area contributed by atoms with Crippen molar-refractivity contribution in [1.29, 1.82) is 0 Å². The number of fused-ring (bicyclic) bond motifs is 1. The summed E-state index contributed by atoms with van der Waals surface area (Å²) < 4.78 is 3.34. The second-order valence-electron chi connectivity index (χ2n) is 5.52. The van der Waals surface area contributed by atoms with Crippen LogP contribution in [0.25, 0.3) is 10.2 Å². The molecule has 0 aliphatic heterocycles. The summed E-state index contributed by atoms with van der Waals surface area (Å²) in [6, 6.07) is 12.4. The van der Waals surface area contributed by atoms with E-state index >= 15 is 0 Å². The van der Waals surface area contributed by atoms with Crippen molar-refractivity contribution in [2.75, 3.05) is 11.4 Å². The van der Waals surface area contributed by atoms with E-state index in [4.69, 9.17) is 0 Å². The summed E-state index contributed by atoms with van der Waals surface area (Å²) in [6.07, 6.45) is 0. The van der Waals surface area contributed by atoms with Gasteiger partial charge in [-0.15, -0.1) is 11.3 Å². The van der Waals surface area contributed by atoms with Crippen LogP contribution in [0.4, 0.5) is 5.69 Å². The highest BCUT2D eigenvalue weighted by Crippen LogP contribution is 2.25. The molecule has 0 spiro atoms. The quantitative estimate of drug-likeness (QED) is 0.702. The Balaban J connectivity index is 1.87. The normalized spacial score (nSPS) is 11.0. The molecule has 0 bridgehead atoms. The number of hydrogen-bond donors (Lipinski definition) is 0. The number of hydrogen-bond acceptors (Lipinski definition) is 2. The Bertz CT molecular complexity index is 798. The summed E-state index contributed by atoms with van der Waals surface area (Å²) in [4.78, 5) is 14.6. The standard InChI is InChI=1S/C18H20N2OS/c1-4-19(15-7-5-13(2)6-8-15)18(21)12-20-14(3)11-17-16(20)9-10-22-17/h5-11H,4,12H2,1-3H3. The van der Waals surface area contributed by atoms with Crippen molar-refractivity contribution in [3.05, 3.63) is 53.0 Å². The molecule has 3 nitrogen and oxygen atoms in total. The molecule has 1 aromatic carbocycles. The summed E-state index contributed by atoms with van der Waals surface area (Å²) in [5, 5.41) is 2.07. The van der Waals surface area contributed by atoms with E-state index in [1.165, 1.54) is 10.3 Å². The smallest absolute Gasteiger partial charge is 0.246 e. The van der Waals surface area contributed by atoms with Crippen LogP contribution in [0.2, 0.25) is 0 Å². The van der Waals surface area contributed by atoms with Crippen molar-refractivity contribution in [2.24, 2.45) is 0 Å². The van der Waals surface area contributed by atoms with Crippen molar-refractivity contribution in [1.82, 2.24) is 4.57 Å². The third-order valence-electron chi connectivity index (χ3n) is 3.99. The molecule has 0 aliphatic carbocycles. The van der Waals surface area contributed by atoms with Crippen LogP contribution in [0.5, 0.6) is 0 Å². The van der Waals surface area contributed by atoms with Gasteiger partial charge >= 0.3 is 0 Å². The number of thiophene rings is 1. The summed E-state index contributed by atoms with van der Waals surface area (Å²) in [7, 11) is 0. The van der Waals surface area contributed by atoms with Gasteiger partial charge in [-0.3, -0.25) is 4.79 Å². The third-order valence-corrected chi connectivity index (χ3v) is 4.84. The Morgan fingerprint density at radius 3 is 2.59 bits per heavy atom. The van der Waals surface area contributed by atoms with Gasteiger partial charge in [0.25, 0.3) is 0 Å². The summed E-state index contributed by atoms with van der Waals surface area (Å²) >= 11 is 1.72. The maximum atomic E-state index is 12.8. The van der Waals surface area contributed by atoms with E-state index in [0.717, 1.165) is 16.9 Å². The molecular weight excluding hydrogens is 292 g/mol. The number of benzene rings is 1. The van der Waals surface area contributed by atoms with Gasteiger partial charge in [0.1, 0.15) is 6.54 Å². The van der Waals surface area contributed by atoms with Crippen LogP contribution < -0.4 is 4.90 Å². The molecule has 0 saturated heterocycles. The topological polar surface area (TPSA) is 25.2 Å². The van der Waals surface area contributed by atoms with Gasteiger partial charge in [0.2, 0.25) is 5.91 Å². The Labute approximate surface area is 134 Å². The highest BCUT2D eigenvalue weighted by Gasteiger charge is 2.16. The minimum atomic E-state index is 0.123. The number of rotatable bonds is 4. The number of aryl methyl sites for hydroxylation is 2. The molecule has 0 atom stereocenters. The maximum absolute atomic E-state index is 12.8. The Hall–Kier alpha value is -2.07. The van der Waals surface area contributed by atoms with Crippen molar-refractivity contribution in [3.63, 3.8) is 0 Å². The fraction of sp³-hybridized carbons (Fsp3) is 0.278. The lowest BCUT2D eigenvalue weighted by Gasteiger charge is -2.22. The lowest BCUT2D eigenvalue weighted by molar-refractivity contribution is -0.119. The van der Waals surface area contributed by atoms with E-state index in [1.807, 2.05) is 36.1 Å². The predicted molar refractivity (Wildman–Crippen MR) is 93.8 cm³/mol. The van der Waals surface area contributed by atoms with Gasteiger partial charge in [-0.2, -0.15) is 0 Å². The number of carbonyl (C=O) groups excluding carboxylic acids is 1. The van der Waals surface area contributed by atoms with Gasteiger partial charge < -0.3 is 9.47 Å². The zero-order valence-corrected chi connectivity index (χ0v) is 14.0. The van der Waals surface area contributed by atoms with E-state index in [-0.39, 0.29) is 5.91 Å². The van der Waals surface area contributed by atoms with Gasteiger partial charge in [0.05, 0.1) is 10.2 Å². The minimum absolute atomic E-state index is 0.123. The third kappa shape index (κ3) is 2.66. The number of likely N-dealkylation sites (N-methyl/N-ethyl adjacent to an activating group) is 1. The number of amides is 1. The van der Waals surface area contributed by atoms with Crippen molar-refractivity contribution in [2.45, 2.75) is 27.3 Å². The first-order valence-electron chi connectivity index (χ1n) is 7.50. The number of nitrogens with zero attached hydrogens (tertiary/aromatic N) is 2. The zero-order chi connectivity index (χ0) is 15.7. The van der Waals surface area contributed by atoms with Crippen LogP contribution >= 0.6 is 11.3 Å². The van der Waals surface area contributed by atoms with Crippen LogP contribution in [0.15, 0.2) is 41.8 Å².